The van der Waals surface area contributed by atoms with Crippen LogP contribution in [-0.4, -0.2) is 83.4 Å². The molecule has 384 valence electrons. The lowest BCUT2D eigenvalue weighted by Crippen LogP contribution is -2.27. The Morgan fingerprint density at radius 2 is 0.814 bits per heavy atom. The van der Waals surface area contributed by atoms with Gasteiger partial charge in [0.2, 0.25) is 6.43 Å². The van der Waals surface area contributed by atoms with E-state index in [1.54, 1.807) is 52.0 Å². The first-order valence-corrected chi connectivity index (χ1v) is 23.4. The molecule has 0 aliphatic carbocycles. The van der Waals surface area contributed by atoms with Crippen molar-refractivity contribution in [1.82, 2.24) is 44.3 Å². The first-order valence-electron chi connectivity index (χ1n) is 18.9. The lowest BCUT2D eigenvalue weighted by molar-refractivity contribution is -0.145. The summed E-state index contributed by atoms with van der Waals surface area (Å²) >= 11 is 0.951. The second-order valence-electron chi connectivity index (χ2n) is 14.2. The first kappa shape index (κ1) is 57.5. The molecule has 0 spiro atoms. The molecule has 6 rings (SSSR count). The quantitative estimate of drug-likeness (QED) is 0.0379. The predicted molar refractivity (Wildman–Crippen MR) is 223 cm³/mol. The summed E-state index contributed by atoms with van der Waals surface area (Å²) in [7, 11) is -3.13. The average Bonchev–Trinajstić information content (AvgIpc) is 4.02. The second-order valence-corrected chi connectivity index (χ2v) is 19.1. The van der Waals surface area contributed by atoms with Gasteiger partial charge in [-0.1, -0.05) is 39.8 Å². The Balaban J connectivity index is 0.000000265. The number of nitrogens with zero attached hydrogens (tertiary/aromatic N) is 9. The van der Waals surface area contributed by atoms with E-state index in [4.69, 9.17) is 0 Å². The van der Waals surface area contributed by atoms with Gasteiger partial charge in [-0.05, 0) is 93.1 Å². The molecule has 70 heavy (non-hydrogen) atoms. The van der Waals surface area contributed by atoms with Crippen molar-refractivity contribution in [3.63, 3.8) is 0 Å². The molecule has 3 aromatic carbocycles. The molecule has 0 radical (unpaired) electrons. The third-order valence-corrected chi connectivity index (χ3v) is 13.5. The van der Waals surface area contributed by atoms with Gasteiger partial charge in [0.05, 0.1) is 22.8 Å². The Morgan fingerprint density at radius 3 is 1.09 bits per heavy atom. The monoisotopic (exact) mass is 1100 g/mol. The molecule has 3 heterocycles. The highest BCUT2D eigenvalue weighted by atomic mass is 33.1. The number of halogens is 16. The predicted octanol–water partition coefficient (Wildman–Crippen LogP) is 12.3. The molecule has 0 saturated carbocycles. The minimum atomic E-state index is -5.87. The van der Waals surface area contributed by atoms with Crippen molar-refractivity contribution < 1.29 is 82.8 Å². The second kappa shape index (κ2) is 22.6. The van der Waals surface area contributed by atoms with Crippen LogP contribution in [0.3, 0.4) is 0 Å². The van der Waals surface area contributed by atoms with E-state index in [0.29, 0.717) is 27.5 Å². The van der Waals surface area contributed by atoms with E-state index in [0.717, 1.165) is 82.4 Å². The fourth-order valence-electron chi connectivity index (χ4n) is 5.52. The number of rotatable bonds is 12. The fourth-order valence-corrected chi connectivity index (χ4v) is 9.22. The van der Waals surface area contributed by atoms with Gasteiger partial charge in [0.15, 0.2) is 0 Å². The lowest BCUT2D eigenvalue weighted by Gasteiger charge is -2.14. The summed E-state index contributed by atoms with van der Waals surface area (Å²) in [5.74, 6) is -4.07. The summed E-state index contributed by atoms with van der Waals surface area (Å²) < 4.78 is 222. The third-order valence-electron chi connectivity index (χ3n) is 8.68. The number of benzene rings is 3. The van der Waals surface area contributed by atoms with Crippen LogP contribution >= 0.6 is 33.3 Å². The largest absolute Gasteiger partial charge is 0.523 e. The minimum absolute atomic E-state index is 0.380. The molecule has 0 atom stereocenters. The zero-order chi connectivity index (χ0) is 52.9. The highest BCUT2D eigenvalue weighted by Crippen LogP contribution is 2.43. The van der Waals surface area contributed by atoms with Crippen LogP contribution in [0.25, 0.3) is 17.1 Å². The third kappa shape index (κ3) is 15.5. The number of aryl methyl sites for hydroxylation is 6. The molecule has 0 aliphatic rings. The van der Waals surface area contributed by atoms with Gasteiger partial charge in [-0.3, -0.25) is 4.18 Å². The highest BCUT2D eigenvalue weighted by molar-refractivity contribution is 8.76. The van der Waals surface area contributed by atoms with E-state index >= 15 is 0 Å². The van der Waals surface area contributed by atoms with Crippen molar-refractivity contribution >= 4 is 43.5 Å². The number of aromatic nitrogens is 9. The lowest BCUT2D eigenvalue weighted by atomic mass is 10.1. The van der Waals surface area contributed by atoms with Gasteiger partial charge in [0, 0.05) is 14.7 Å². The van der Waals surface area contributed by atoms with Crippen LogP contribution < -0.4 is 0 Å². The molecule has 3 aromatic heterocycles. The van der Waals surface area contributed by atoms with E-state index in [2.05, 4.69) is 34.4 Å². The van der Waals surface area contributed by atoms with Crippen LogP contribution in [0.1, 0.15) is 50.9 Å². The van der Waals surface area contributed by atoms with Gasteiger partial charge in [0.25, 0.3) is 23.9 Å². The molecule has 0 fully saturated rings. The van der Waals surface area contributed by atoms with Crippen molar-refractivity contribution in [2.45, 2.75) is 93.1 Å². The van der Waals surface area contributed by atoms with Crippen LogP contribution in [-0.2, 0) is 32.8 Å². The summed E-state index contributed by atoms with van der Waals surface area (Å²) in [5.41, 5.74) is 0.349. The van der Waals surface area contributed by atoms with E-state index < -0.39 is 71.1 Å². The molecule has 0 aliphatic heterocycles. The van der Waals surface area contributed by atoms with E-state index in [9.17, 15) is 78.7 Å². The van der Waals surface area contributed by atoms with Gasteiger partial charge < -0.3 is 0 Å². The van der Waals surface area contributed by atoms with Crippen molar-refractivity contribution in [3.05, 3.63) is 106 Å². The standard InChI is InChI=1S/C22H18F6N6S2.C13H12F5N3S.C3H3F5O3S/c1-11-5-13(3)17(7-15(11)33-9-29-19(31-33)21(23,24)25)35-36-18-8-16(12(2)6-14(18)4)34-10-30-20(32-34)22(26,27)28;1-7-3-8(2)10(22-5-11(14)15)4-9(7)21-6-19-12(20-21)13(16,17)18;4-2(5)1-11-12(9,10)3(6,7)8/h5-10H,1-4H3;3-4,6,11H,5H2,1-2H3;2H,1H2. The van der Waals surface area contributed by atoms with Crippen LogP contribution in [0.5, 0.6) is 0 Å². The molecule has 0 saturated heterocycles. The van der Waals surface area contributed by atoms with Crippen LogP contribution in [0.15, 0.2) is 70.1 Å². The molecule has 0 amide bonds. The number of thioether (sulfide) groups is 1. The van der Waals surface area contributed by atoms with Gasteiger partial charge in [-0.25, -0.2) is 46.6 Å². The Bertz CT molecular complexity index is 2750. The molecule has 0 N–H and O–H groups in total. The average molecular weight is 1100 g/mol. The van der Waals surface area contributed by atoms with Gasteiger partial charge >= 0.3 is 34.2 Å². The zero-order valence-electron chi connectivity index (χ0n) is 36.2. The van der Waals surface area contributed by atoms with E-state index in [1.807, 2.05) is 26.0 Å². The van der Waals surface area contributed by atoms with Crippen LogP contribution in [0, 0.1) is 41.5 Å². The Labute approximate surface area is 398 Å². The van der Waals surface area contributed by atoms with Crippen LogP contribution in [0.4, 0.5) is 70.2 Å². The molecule has 6 aromatic rings. The molecule has 0 unspecified atom stereocenters. The van der Waals surface area contributed by atoms with Gasteiger partial charge in [-0.2, -0.15) is 61.1 Å². The van der Waals surface area contributed by atoms with Crippen molar-refractivity contribution in [1.29, 1.82) is 0 Å². The normalized spacial score (nSPS) is 12.6. The summed E-state index contributed by atoms with van der Waals surface area (Å²) in [6, 6.07) is 10.4. The minimum Gasteiger partial charge on any atom is -0.257 e. The molecular weight excluding hydrogens is 1060 g/mol. The maximum atomic E-state index is 12.9. The van der Waals surface area contributed by atoms with Crippen molar-refractivity contribution in [2.75, 3.05) is 12.4 Å². The van der Waals surface area contributed by atoms with Crippen molar-refractivity contribution in [3.8, 4) is 17.1 Å². The van der Waals surface area contributed by atoms with E-state index in [1.165, 1.54) is 21.6 Å². The SMILES string of the molecule is Cc1cc(C)c(-n2cnc(C(F)(F)F)n2)cc1SCC(F)F.Cc1cc(C)c(-n2cnc(C(F)(F)F)n2)cc1SSc1cc(-n2cnc(C(F)(F)F)n2)c(C)cc1C.O=S(=O)(OCC(F)F)C(F)(F)F. The summed E-state index contributed by atoms with van der Waals surface area (Å²) in [4.78, 5) is 12.1. The summed E-state index contributed by atoms with van der Waals surface area (Å²) in [5, 5.41) is 10.5. The smallest absolute Gasteiger partial charge is 0.257 e. The maximum absolute atomic E-state index is 12.9. The molecule has 32 heteroatoms. The summed E-state index contributed by atoms with van der Waals surface area (Å²) in [6.07, 6.45) is -16.7. The first-order chi connectivity index (χ1) is 32.1. The van der Waals surface area contributed by atoms with Gasteiger partial charge in [0.1, 0.15) is 25.6 Å². The molecule has 12 nitrogen and oxygen atoms in total. The van der Waals surface area contributed by atoms with Crippen molar-refractivity contribution in [2.24, 2.45) is 0 Å². The van der Waals surface area contributed by atoms with Gasteiger partial charge in [-0.15, -0.1) is 27.1 Å². The zero-order valence-corrected chi connectivity index (χ0v) is 39.5. The highest BCUT2D eigenvalue weighted by Gasteiger charge is 2.47. The van der Waals surface area contributed by atoms with E-state index in [-0.39, 0.29) is 5.75 Å². The number of hydrogen-bond acceptors (Lipinski definition) is 12. The Morgan fingerprint density at radius 1 is 0.500 bits per heavy atom. The maximum Gasteiger partial charge on any atom is 0.523 e. The topological polar surface area (TPSA) is 135 Å². The Kier molecular flexibility index (Phi) is 18.5. The summed E-state index contributed by atoms with van der Waals surface area (Å²) in [6.45, 7) is 8.96. The number of alkyl halides is 16. The van der Waals surface area contributed by atoms with Crippen LogP contribution in [0.2, 0.25) is 0 Å². The fraction of sp³-hybridized carbons (Fsp3) is 0.368. The Hall–Kier alpha value is -5.08. The molecule has 0 bridgehead atoms. The number of hydrogen-bond donors (Lipinski definition) is 0. The molecular formula is C38H33F16N9O3S4.